The normalized spacial score (nSPS) is 13.4. The van der Waals surface area contributed by atoms with Crippen molar-refractivity contribution >= 4 is 35.0 Å². The van der Waals surface area contributed by atoms with E-state index in [9.17, 15) is 9.59 Å². The lowest BCUT2D eigenvalue weighted by Gasteiger charge is -2.19. The lowest BCUT2D eigenvalue weighted by atomic mass is 10.2. The van der Waals surface area contributed by atoms with E-state index in [4.69, 9.17) is 4.74 Å². The fourth-order valence-corrected chi connectivity index (χ4v) is 4.41. The second-order valence-electron chi connectivity index (χ2n) is 7.47. The standard InChI is InChI=1S/C23H25N5O3S/c1-16-25-26-23(28(16)14-17-7-4-3-5-8-17)32-15-21(29)24-18-10-11-19(20(13-18)31-2)27-12-6-9-22(27)30/h3-5,7-8,10-11,13H,6,9,12,14-15H2,1-2H3,(H,24,29). The SMILES string of the molecule is COc1cc(NC(=O)CSc2nnc(C)n2Cc2ccccc2)ccc1N1CCCC1=O. The van der Waals surface area contributed by atoms with Crippen LogP contribution in [-0.2, 0) is 16.1 Å². The van der Waals surface area contributed by atoms with E-state index in [-0.39, 0.29) is 17.6 Å². The average Bonchev–Trinajstić information content (AvgIpc) is 3.38. The Labute approximate surface area is 191 Å². The van der Waals surface area contributed by atoms with Crippen molar-refractivity contribution in [1.29, 1.82) is 0 Å². The Hall–Kier alpha value is -3.33. The highest BCUT2D eigenvalue weighted by Gasteiger charge is 2.24. The molecule has 1 N–H and O–H groups in total. The Balaban J connectivity index is 1.39. The van der Waals surface area contributed by atoms with E-state index in [0.717, 1.165) is 23.5 Å². The molecule has 8 nitrogen and oxygen atoms in total. The first kappa shape index (κ1) is 21.9. The highest BCUT2D eigenvalue weighted by atomic mass is 32.2. The Kier molecular flexibility index (Phi) is 6.75. The van der Waals surface area contributed by atoms with Crippen molar-refractivity contribution in [1.82, 2.24) is 14.8 Å². The Morgan fingerprint density at radius 3 is 2.72 bits per heavy atom. The number of aromatic nitrogens is 3. The number of nitrogens with one attached hydrogen (secondary N) is 1. The van der Waals surface area contributed by atoms with Crippen LogP contribution >= 0.6 is 11.8 Å². The van der Waals surface area contributed by atoms with Crippen LogP contribution in [0.1, 0.15) is 24.2 Å². The van der Waals surface area contributed by atoms with E-state index >= 15 is 0 Å². The number of anilines is 2. The number of nitrogens with zero attached hydrogens (tertiary/aromatic N) is 4. The first-order chi connectivity index (χ1) is 15.5. The number of hydrogen-bond acceptors (Lipinski definition) is 6. The number of hydrogen-bond donors (Lipinski definition) is 1. The second kappa shape index (κ2) is 9.86. The maximum absolute atomic E-state index is 12.6. The fraction of sp³-hybridized carbons (Fsp3) is 0.304. The van der Waals surface area contributed by atoms with E-state index in [1.54, 1.807) is 24.1 Å². The van der Waals surface area contributed by atoms with E-state index in [2.05, 4.69) is 15.5 Å². The van der Waals surface area contributed by atoms with Crippen LogP contribution in [0.2, 0.25) is 0 Å². The largest absolute Gasteiger partial charge is 0.494 e. The number of carbonyl (C=O) groups is 2. The van der Waals surface area contributed by atoms with Crippen LogP contribution in [0, 0.1) is 6.92 Å². The molecule has 9 heteroatoms. The summed E-state index contributed by atoms with van der Waals surface area (Å²) in [5.74, 6) is 1.49. The molecule has 1 aromatic heterocycles. The monoisotopic (exact) mass is 451 g/mol. The van der Waals surface area contributed by atoms with Gasteiger partial charge < -0.3 is 19.5 Å². The third kappa shape index (κ3) is 4.94. The van der Waals surface area contributed by atoms with Gasteiger partial charge in [0.05, 0.1) is 25.1 Å². The number of thioether (sulfide) groups is 1. The summed E-state index contributed by atoms with van der Waals surface area (Å²) in [7, 11) is 1.56. The summed E-state index contributed by atoms with van der Waals surface area (Å²) in [6.07, 6.45) is 1.39. The Morgan fingerprint density at radius 1 is 1.19 bits per heavy atom. The molecule has 0 aliphatic carbocycles. The molecular formula is C23H25N5O3S. The van der Waals surface area contributed by atoms with Gasteiger partial charge in [0.2, 0.25) is 11.8 Å². The number of amides is 2. The zero-order chi connectivity index (χ0) is 22.5. The molecule has 0 bridgehead atoms. The number of ether oxygens (including phenoxy) is 1. The van der Waals surface area contributed by atoms with E-state index in [1.165, 1.54) is 11.8 Å². The predicted octanol–water partition coefficient (Wildman–Crippen LogP) is 3.50. The zero-order valence-electron chi connectivity index (χ0n) is 18.1. The summed E-state index contributed by atoms with van der Waals surface area (Å²) in [4.78, 5) is 26.3. The molecule has 2 amide bonds. The van der Waals surface area contributed by atoms with E-state index in [0.29, 0.717) is 36.1 Å². The molecule has 4 rings (SSSR count). The average molecular weight is 452 g/mol. The molecule has 1 aliphatic rings. The van der Waals surface area contributed by atoms with Crippen molar-refractivity contribution in [3.05, 3.63) is 59.9 Å². The minimum atomic E-state index is -0.158. The van der Waals surface area contributed by atoms with E-state index < -0.39 is 0 Å². The predicted molar refractivity (Wildman–Crippen MR) is 124 cm³/mol. The van der Waals surface area contributed by atoms with Gasteiger partial charge in [-0.3, -0.25) is 9.59 Å². The maximum atomic E-state index is 12.6. The molecule has 1 fully saturated rings. The Bertz CT molecular complexity index is 1120. The minimum Gasteiger partial charge on any atom is -0.494 e. The van der Waals surface area contributed by atoms with Gasteiger partial charge in [-0.2, -0.15) is 0 Å². The van der Waals surface area contributed by atoms with Gasteiger partial charge >= 0.3 is 0 Å². The molecule has 166 valence electrons. The number of benzene rings is 2. The topological polar surface area (TPSA) is 89.3 Å². The molecule has 0 spiro atoms. The number of carbonyl (C=O) groups excluding carboxylic acids is 2. The number of rotatable bonds is 8. The fourth-order valence-electron chi connectivity index (χ4n) is 3.62. The number of methoxy groups -OCH3 is 1. The summed E-state index contributed by atoms with van der Waals surface area (Å²) in [5.41, 5.74) is 2.49. The molecule has 0 radical (unpaired) electrons. The summed E-state index contributed by atoms with van der Waals surface area (Å²) in [6, 6.07) is 15.4. The maximum Gasteiger partial charge on any atom is 0.234 e. The van der Waals surface area contributed by atoms with Crippen LogP contribution in [0.4, 0.5) is 11.4 Å². The van der Waals surface area contributed by atoms with Crippen molar-refractivity contribution in [2.24, 2.45) is 0 Å². The quantitative estimate of drug-likeness (QED) is 0.527. The lowest BCUT2D eigenvalue weighted by Crippen LogP contribution is -2.24. The molecule has 32 heavy (non-hydrogen) atoms. The van der Waals surface area contributed by atoms with Gasteiger partial charge in [-0.25, -0.2) is 0 Å². The van der Waals surface area contributed by atoms with Gasteiger partial charge in [0.25, 0.3) is 0 Å². The lowest BCUT2D eigenvalue weighted by molar-refractivity contribution is -0.117. The molecule has 2 heterocycles. The van der Waals surface area contributed by atoms with Gasteiger partial charge in [0.1, 0.15) is 11.6 Å². The summed E-state index contributed by atoms with van der Waals surface area (Å²) in [5, 5.41) is 12.0. The second-order valence-corrected chi connectivity index (χ2v) is 8.42. The molecule has 0 atom stereocenters. The van der Waals surface area contributed by atoms with Crippen molar-refractivity contribution in [2.75, 3.05) is 29.6 Å². The molecule has 1 aliphatic heterocycles. The van der Waals surface area contributed by atoms with Crippen molar-refractivity contribution in [3.63, 3.8) is 0 Å². The van der Waals surface area contributed by atoms with Gasteiger partial charge in [-0.1, -0.05) is 42.1 Å². The van der Waals surface area contributed by atoms with Gasteiger partial charge in [-0.05, 0) is 31.0 Å². The van der Waals surface area contributed by atoms with Crippen LogP contribution < -0.4 is 15.0 Å². The van der Waals surface area contributed by atoms with Crippen molar-refractivity contribution < 1.29 is 14.3 Å². The highest BCUT2D eigenvalue weighted by Crippen LogP contribution is 2.34. The third-order valence-corrected chi connectivity index (χ3v) is 6.21. The van der Waals surface area contributed by atoms with Crippen LogP contribution in [-0.4, -0.2) is 46.0 Å². The molecule has 0 unspecified atom stereocenters. The van der Waals surface area contributed by atoms with Crippen LogP contribution in [0.25, 0.3) is 0 Å². The van der Waals surface area contributed by atoms with Crippen molar-refractivity contribution in [3.8, 4) is 5.75 Å². The molecule has 3 aromatic rings. The van der Waals surface area contributed by atoms with Gasteiger partial charge in [0.15, 0.2) is 5.16 Å². The highest BCUT2D eigenvalue weighted by molar-refractivity contribution is 7.99. The van der Waals surface area contributed by atoms with Crippen LogP contribution in [0.15, 0.2) is 53.7 Å². The molecule has 2 aromatic carbocycles. The molecule has 1 saturated heterocycles. The van der Waals surface area contributed by atoms with Gasteiger partial charge in [0, 0.05) is 24.7 Å². The molecular weight excluding hydrogens is 426 g/mol. The minimum absolute atomic E-state index is 0.0893. The van der Waals surface area contributed by atoms with E-state index in [1.807, 2.05) is 47.9 Å². The molecule has 0 saturated carbocycles. The van der Waals surface area contributed by atoms with Gasteiger partial charge in [-0.15, -0.1) is 10.2 Å². The first-order valence-electron chi connectivity index (χ1n) is 10.4. The first-order valence-corrected chi connectivity index (χ1v) is 11.4. The third-order valence-electron chi connectivity index (χ3n) is 5.25. The smallest absolute Gasteiger partial charge is 0.234 e. The summed E-state index contributed by atoms with van der Waals surface area (Å²) in [6.45, 7) is 3.23. The van der Waals surface area contributed by atoms with Crippen LogP contribution in [0.3, 0.4) is 0 Å². The zero-order valence-corrected chi connectivity index (χ0v) is 18.9. The Morgan fingerprint density at radius 2 is 2.00 bits per heavy atom. The summed E-state index contributed by atoms with van der Waals surface area (Å²) < 4.78 is 7.46. The van der Waals surface area contributed by atoms with Crippen molar-refractivity contribution in [2.45, 2.75) is 31.5 Å². The van der Waals surface area contributed by atoms with Crippen LogP contribution in [0.5, 0.6) is 5.75 Å². The number of aryl methyl sites for hydroxylation is 1. The summed E-state index contributed by atoms with van der Waals surface area (Å²) >= 11 is 1.34.